The van der Waals surface area contributed by atoms with Gasteiger partial charge in [-0.05, 0) is 80.1 Å². The zero-order valence-electron chi connectivity index (χ0n) is 16.0. The normalized spacial score (nSPS) is 17.1. The Morgan fingerprint density at radius 2 is 1.86 bits per heavy atom. The summed E-state index contributed by atoms with van der Waals surface area (Å²) >= 11 is 10.1. The van der Waals surface area contributed by atoms with E-state index in [1.165, 1.54) is 22.9 Å². The summed E-state index contributed by atoms with van der Waals surface area (Å²) in [5.74, 6) is 3.20. The van der Waals surface area contributed by atoms with E-state index in [9.17, 15) is 0 Å². The van der Waals surface area contributed by atoms with Crippen molar-refractivity contribution < 1.29 is 14.2 Å². The fourth-order valence-corrected chi connectivity index (χ4v) is 4.65. The zero-order chi connectivity index (χ0) is 19.5. The van der Waals surface area contributed by atoms with E-state index in [0.29, 0.717) is 5.92 Å². The van der Waals surface area contributed by atoms with Gasteiger partial charge in [0.1, 0.15) is 5.75 Å². The Balaban J connectivity index is 1.28. The van der Waals surface area contributed by atoms with Crippen LogP contribution in [0.25, 0.3) is 0 Å². The van der Waals surface area contributed by atoms with Gasteiger partial charge in [-0.15, -0.1) is 0 Å². The minimum absolute atomic E-state index is 0.284. The summed E-state index contributed by atoms with van der Waals surface area (Å²) in [7, 11) is 1.72. The lowest BCUT2D eigenvalue weighted by Gasteiger charge is -2.32. The van der Waals surface area contributed by atoms with Crippen LogP contribution in [0.5, 0.6) is 17.2 Å². The van der Waals surface area contributed by atoms with Crippen molar-refractivity contribution in [3.8, 4) is 17.2 Å². The highest BCUT2D eigenvalue weighted by atomic mass is 79.9. The van der Waals surface area contributed by atoms with Crippen LogP contribution in [0.15, 0.2) is 34.8 Å². The highest BCUT2D eigenvalue weighted by molar-refractivity contribution is 9.10. The molecule has 2 aromatic rings. The van der Waals surface area contributed by atoms with Gasteiger partial charge in [0.05, 0.1) is 7.11 Å². The van der Waals surface area contributed by atoms with Crippen molar-refractivity contribution >= 4 is 27.5 Å². The molecule has 0 unspecified atom stereocenters. The molecule has 2 aliphatic heterocycles. The minimum atomic E-state index is 0.284. The van der Waals surface area contributed by atoms with Gasteiger partial charge in [0, 0.05) is 22.1 Å². The number of piperidine rings is 1. The first-order valence-electron chi connectivity index (χ1n) is 9.75. The van der Waals surface area contributed by atoms with Crippen LogP contribution in [0.4, 0.5) is 0 Å². The number of hydrogen-bond donors (Lipinski definition) is 0. The molecule has 2 aliphatic rings. The van der Waals surface area contributed by atoms with Gasteiger partial charge in [-0.25, -0.2) is 0 Å². The number of rotatable bonds is 6. The standard InChI is InChI=1S/C22H25BrClNO3/c1-26-18-2-3-19(23)17(11-18)10-15-4-7-25(8-5-15)9-6-16-12-21-22(13-20(16)24)28-14-27-21/h2-3,11-13,15H,4-10,14H2,1H3. The monoisotopic (exact) mass is 465 g/mol. The van der Waals surface area contributed by atoms with Crippen molar-refractivity contribution in [1.82, 2.24) is 4.90 Å². The quantitative estimate of drug-likeness (QED) is 0.575. The van der Waals surface area contributed by atoms with Crippen LogP contribution in [0.2, 0.25) is 5.02 Å². The van der Waals surface area contributed by atoms with Gasteiger partial charge in [0.25, 0.3) is 0 Å². The molecule has 0 bridgehead atoms. The third kappa shape index (κ3) is 4.58. The molecule has 0 N–H and O–H groups in total. The van der Waals surface area contributed by atoms with Crippen LogP contribution >= 0.6 is 27.5 Å². The number of benzene rings is 2. The largest absolute Gasteiger partial charge is 0.497 e. The van der Waals surface area contributed by atoms with E-state index in [1.807, 2.05) is 18.2 Å². The van der Waals surface area contributed by atoms with E-state index in [0.717, 1.165) is 60.3 Å². The molecule has 150 valence electrons. The van der Waals surface area contributed by atoms with Crippen LogP contribution < -0.4 is 14.2 Å². The summed E-state index contributed by atoms with van der Waals surface area (Å²) in [4.78, 5) is 2.54. The second-order valence-corrected chi connectivity index (χ2v) is 8.75. The maximum Gasteiger partial charge on any atom is 0.231 e. The Bertz CT molecular complexity index is 837. The maximum atomic E-state index is 6.41. The molecule has 0 spiro atoms. The van der Waals surface area contributed by atoms with Gasteiger partial charge in [-0.1, -0.05) is 27.5 Å². The molecule has 0 radical (unpaired) electrons. The van der Waals surface area contributed by atoms with E-state index in [4.69, 9.17) is 25.8 Å². The average molecular weight is 467 g/mol. The van der Waals surface area contributed by atoms with Gasteiger partial charge < -0.3 is 19.1 Å². The predicted molar refractivity (Wildman–Crippen MR) is 115 cm³/mol. The Hall–Kier alpha value is -1.43. The summed E-state index contributed by atoms with van der Waals surface area (Å²) in [5.41, 5.74) is 2.47. The molecule has 2 aromatic carbocycles. The summed E-state index contributed by atoms with van der Waals surface area (Å²) in [6.45, 7) is 3.57. The fourth-order valence-electron chi connectivity index (χ4n) is 3.99. The summed E-state index contributed by atoms with van der Waals surface area (Å²) in [6.07, 6.45) is 4.47. The first-order chi connectivity index (χ1) is 13.6. The fraction of sp³-hybridized carbons (Fsp3) is 0.455. The van der Waals surface area contributed by atoms with E-state index in [2.05, 4.69) is 33.0 Å². The lowest BCUT2D eigenvalue weighted by Crippen LogP contribution is -2.35. The Morgan fingerprint density at radius 1 is 1.11 bits per heavy atom. The van der Waals surface area contributed by atoms with E-state index >= 15 is 0 Å². The van der Waals surface area contributed by atoms with Crippen LogP contribution in [0.1, 0.15) is 24.0 Å². The van der Waals surface area contributed by atoms with Crippen molar-refractivity contribution in [1.29, 1.82) is 0 Å². The molecule has 1 fully saturated rings. The third-order valence-electron chi connectivity index (χ3n) is 5.71. The molecular weight excluding hydrogens is 442 g/mol. The Morgan fingerprint density at radius 3 is 2.61 bits per heavy atom. The minimum Gasteiger partial charge on any atom is -0.497 e. The van der Waals surface area contributed by atoms with Gasteiger partial charge in [-0.3, -0.25) is 0 Å². The lowest BCUT2D eigenvalue weighted by molar-refractivity contribution is 0.174. The highest BCUT2D eigenvalue weighted by Gasteiger charge is 2.21. The molecule has 1 saturated heterocycles. The van der Waals surface area contributed by atoms with Gasteiger partial charge in [0.2, 0.25) is 6.79 Å². The first-order valence-corrected chi connectivity index (χ1v) is 10.9. The number of likely N-dealkylation sites (tertiary alicyclic amines) is 1. The number of ether oxygens (including phenoxy) is 3. The van der Waals surface area contributed by atoms with Crippen molar-refractivity contribution in [2.45, 2.75) is 25.7 Å². The van der Waals surface area contributed by atoms with Crippen molar-refractivity contribution in [2.24, 2.45) is 5.92 Å². The first kappa shape index (κ1) is 19.9. The van der Waals surface area contributed by atoms with Crippen molar-refractivity contribution in [3.05, 3.63) is 51.0 Å². The Kier molecular flexibility index (Phi) is 6.34. The van der Waals surface area contributed by atoms with Gasteiger partial charge in [0.15, 0.2) is 11.5 Å². The number of nitrogens with zero attached hydrogens (tertiary/aromatic N) is 1. The molecule has 28 heavy (non-hydrogen) atoms. The molecular formula is C22H25BrClNO3. The molecule has 0 amide bonds. The zero-order valence-corrected chi connectivity index (χ0v) is 18.4. The predicted octanol–water partition coefficient (Wildman–Crippen LogP) is 5.34. The molecule has 6 heteroatoms. The number of fused-ring (bicyclic) bond motifs is 1. The molecule has 0 atom stereocenters. The second kappa shape index (κ2) is 8.93. The number of methoxy groups -OCH3 is 1. The Labute approximate surface area is 179 Å². The van der Waals surface area contributed by atoms with E-state index in [-0.39, 0.29) is 6.79 Å². The molecule has 0 aliphatic carbocycles. The van der Waals surface area contributed by atoms with Crippen molar-refractivity contribution in [2.75, 3.05) is 33.5 Å². The lowest BCUT2D eigenvalue weighted by atomic mass is 9.90. The highest BCUT2D eigenvalue weighted by Crippen LogP contribution is 2.37. The van der Waals surface area contributed by atoms with Gasteiger partial charge >= 0.3 is 0 Å². The molecule has 2 heterocycles. The molecule has 0 saturated carbocycles. The smallest absolute Gasteiger partial charge is 0.231 e. The summed E-state index contributed by atoms with van der Waals surface area (Å²) < 4.78 is 17.4. The van der Waals surface area contributed by atoms with Crippen LogP contribution in [-0.2, 0) is 12.8 Å². The summed E-state index contributed by atoms with van der Waals surface area (Å²) in [5, 5.41) is 0.766. The number of hydrogen-bond acceptors (Lipinski definition) is 4. The van der Waals surface area contributed by atoms with Crippen LogP contribution in [0.3, 0.4) is 0 Å². The second-order valence-electron chi connectivity index (χ2n) is 7.49. The molecule has 0 aromatic heterocycles. The van der Waals surface area contributed by atoms with Crippen LogP contribution in [0, 0.1) is 5.92 Å². The van der Waals surface area contributed by atoms with E-state index in [1.54, 1.807) is 7.11 Å². The summed E-state index contributed by atoms with van der Waals surface area (Å²) in [6, 6.07) is 10.1. The van der Waals surface area contributed by atoms with Crippen LogP contribution in [-0.4, -0.2) is 38.4 Å². The molecule has 4 nitrogen and oxygen atoms in total. The van der Waals surface area contributed by atoms with Crippen molar-refractivity contribution in [3.63, 3.8) is 0 Å². The molecule has 4 rings (SSSR count). The van der Waals surface area contributed by atoms with E-state index < -0.39 is 0 Å². The average Bonchev–Trinajstić information content (AvgIpc) is 3.16. The van der Waals surface area contributed by atoms with Gasteiger partial charge in [-0.2, -0.15) is 0 Å². The number of halogens is 2. The SMILES string of the molecule is COc1ccc(Br)c(CC2CCN(CCc3cc4c(cc3Cl)OCO4)CC2)c1. The topological polar surface area (TPSA) is 30.9 Å². The maximum absolute atomic E-state index is 6.41. The third-order valence-corrected chi connectivity index (χ3v) is 6.83.